The van der Waals surface area contributed by atoms with Crippen LogP contribution in [0.4, 0.5) is 0 Å². The summed E-state index contributed by atoms with van der Waals surface area (Å²) in [5, 5.41) is 25.1. The number of methoxy groups -OCH3 is 1. The number of phenols is 2. The van der Waals surface area contributed by atoms with Crippen LogP contribution in [0, 0.1) is 11.8 Å². The number of phenolic OH excluding ortho intramolecular Hbond substituents is 2. The molecule has 11 nitrogen and oxygen atoms in total. The minimum Gasteiger partial charge on any atom is -0.507 e. The lowest BCUT2D eigenvalue weighted by molar-refractivity contribution is -0.146. The highest BCUT2D eigenvalue weighted by atomic mass is 35.5. The summed E-state index contributed by atoms with van der Waals surface area (Å²) in [6.07, 6.45) is -0.305. The first-order chi connectivity index (χ1) is 25.3. The van der Waals surface area contributed by atoms with Gasteiger partial charge < -0.3 is 30.9 Å². The SMILES string of the molecule is COC(=O)[C@@H]1Cc2ccc(O)c(c2)-c2cc(ccc2O)[C@H](N(C)C(=O)[C@H](CCN)CC(=O)c2ccc(-c3ccc(Cl)cc3)cc2)C(=O)C[C@@H](C)C(=O)N1. The number of carbonyl (C=O) groups excluding carboxylic acids is 5. The molecule has 0 unspecified atom stereocenters. The number of rotatable bonds is 9. The lowest BCUT2D eigenvalue weighted by Gasteiger charge is -2.32. The largest absolute Gasteiger partial charge is 0.507 e. The Morgan fingerprint density at radius 2 is 1.51 bits per heavy atom. The number of esters is 1. The molecule has 0 aliphatic carbocycles. The number of hydrogen-bond donors (Lipinski definition) is 4. The van der Waals surface area contributed by atoms with Gasteiger partial charge in [0.05, 0.1) is 7.11 Å². The van der Waals surface area contributed by atoms with Crippen molar-refractivity contribution in [3.8, 4) is 33.8 Å². The number of likely N-dealkylation sites (N-methyl/N-ethyl adjacent to an activating group) is 1. The topological polar surface area (TPSA) is 176 Å². The molecule has 12 heteroatoms. The number of ketones is 2. The second kappa shape index (κ2) is 16.9. The van der Waals surface area contributed by atoms with Crippen LogP contribution in [0.5, 0.6) is 11.5 Å². The van der Waals surface area contributed by atoms with Gasteiger partial charge in [-0.2, -0.15) is 0 Å². The Labute approximate surface area is 312 Å². The molecule has 1 aliphatic rings. The van der Waals surface area contributed by atoms with Crippen LogP contribution in [0.25, 0.3) is 22.3 Å². The maximum absolute atomic E-state index is 14.3. The van der Waals surface area contributed by atoms with E-state index in [9.17, 15) is 34.2 Å². The van der Waals surface area contributed by atoms with E-state index in [4.69, 9.17) is 22.1 Å². The second-order valence-corrected chi connectivity index (χ2v) is 13.8. The summed E-state index contributed by atoms with van der Waals surface area (Å²) < 4.78 is 4.92. The third kappa shape index (κ3) is 8.93. The summed E-state index contributed by atoms with van der Waals surface area (Å²) in [6, 6.07) is 20.9. The highest BCUT2D eigenvalue weighted by Crippen LogP contribution is 2.39. The van der Waals surface area contributed by atoms with Crippen molar-refractivity contribution in [2.75, 3.05) is 20.7 Å². The fraction of sp³-hybridized carbons (Fsp3) is 0.293. The Balaban J connectivity index is 1.49. The first-order valence-corrected chi connectivity index (χ1v) is 17.6. The number of nitrogens with one attached hydrogen (secondary N) is 1. The summed E-state index contributed by atoms with van der Waals surface area (Å²) in [7, 11) is 2.64. The first-order valence-electron chi connectivity index (χ1n) is 17.2. The number of ether oxygens (including phenoxy) is 1. The minimum absolute atomic E-state index is 0.0143. The van der Waals surface area contributed by atoms with Crippen molar-refractivity contribution in [1.29, 1.82) is 0 Å². The molecule has 1 aliphatic heterocycles. The monoisotopic (exact) mass is 739 g/mol. The Morgan fingerprint density at radius 3 is 2.13 bits per heavy atom. The Bertz CT molecular complexity index is 2010. The van der Waals surface area contributed by atoms with E-state index in [1.165, 1.54) is 43.3 Å². The summed E-state index contributed by atoms with van der Waals surface area (Å²) >= 11 is 6.02. The molecule has 4 bridgehead atoms. The number of amides is 2. The summed E-state index contributed by atoms with van der Waals surface area (Å²) in [5.74, 6) is -4.74. The van der Waals surface area contributed by atoms with E-state index in [1.54, 1.807) is 43.3 Å². The third-order valence-electron chi connectivity index (χ3n) is 9.60. The van der Waals surface area contributed by atoms with E-state index in [1.807, 2.05) is 24.3 Å². The first kappa shape index (κ1) is 38.7. The van der Waals surface area contributed by atoms with E-state index in [2.05, 4.69) is 5.32 Å². The Hall–Kier alpha value is -5.52. The van der Waals surface area contributed by atoms with E-state index < -0.39 is 47.5 Å². The van der Waals surface area contributed by atoms with Crippen LogP contribution >= 0.6 is 11.6 Å². The summed E-state index contributed by atoms with van der Waals surface area (Å²) in [4.78, 5) is 69.3. The maximum Gasteiger partial charge on any atom is 0.328 e. The number of fused-ring (bicyclic) bond motifs is 5. The number of nitrogens with zero attached hydrogens (tertiary/aromatic N) is 1. The number of hydrogen-bond acceptors (Lipinski definition) is 9. The molecule has 2 amide bonds. The molecule has 5 rings (SSSR count). The molecule has 0 fully saturated rings. The smallest absolute Gasteiger partial charge is 0.328 e. The van der Waals surface area contributed by atoms with Gasteiger partial charge in [-0.05, 0) is 71.6 Å². The van der Waals surface area contributed by atoms with Crippen LogP contribution < -0.4 is 11.1 Å². The average molecular weight is 740 g/mol. The van der Waals surface area contributed by atoms with Crippen LogP contribution in [0.2, 0.25) is 5.02 Å². The predicted molar refractivity (Wildman–Crippen MR) is 200 cm³/mol. The van der Waals surface area contributed by atoms with Gasteiger partial charge in [0.1, 0.15) is 23.6 Å². The Morgan fingerprint density at radius 1 is 0.906 bits per heavy atom. The zero-order chi connectivity index (χ0) is 38.4. The fourth-order valence-electron chi connectivity index (χ4n) is 6.64. The van der Waals surface area contributed by atoms with Crippen LogP contribution in [0.3, 0.4) is 0 Å². The third-order valence-corrected chi connectivity index (χ3v) is 9.86. The van der Waals surface area contributed by atoms with Gasteiger partial charge in [0.2, 0.25) is 11.8 Å². The molecule has 4 aromatic carbocycles. The predicted octanol–water partition coefficient (Wildman–Crippen LogP) is 5.63. The molecule has 276 valence electrons. The normalized spacial score (nSPS) is 17.9. The van der Waals surface area contributed by atoms with Gasteiger partial charge in [-0.1, -0.05) is 67.1 Å². The number of aromatic hydroxyl groups is 2. The highest BCUT2D eigenvalue weighted by Gasteiger charge is 2.36. The van der Waals surface area contributed by atoms with Crippen molar-refractivity contribution in [3.63, 3.8) is 0 Å². The number of benzene rings is 4. The average Bonchev–Trinajstić information content (AvgIpc) is 3.15. The number of carbonyl (C=O) groups is 5. The minimum atomic E-state index is -1.25. The number of Topliss-reactive ketones (excluding diaryl/α,β-unsaturated/α-hetero) is 2. The van der Waals surface area contributed by atoms with Gasteiger partial charge >= 0.3 is 5.97 Å². The van der Waals surface area contributed by atoms with Crippen molar-refractivity contribution in [2.24, 2.45) is 17.6 Å². The molecule has 0 aromatic heterocycles. The van der Waals surface area contributed by atoms with Crippen molar-refractivity contribution in [3.05, 3.63) is 107 Å². The van der Waals surface area contributed by atoms with Gasteiger partial charge in [0.25, 0.3) is 0 Å². The number of halogens is 1. The Kier molecular flexibility index (Phi) is 12.3. The van der Waals surface area contributed by atoms with Crippen molar-refractivity contribution < 1.29 is 38.9 Å². The molecular formula is C41H42ClN3O8. The van der Waals surface area contributed by atoms with Crippen LogP contribution in [0.15, 0.2) is 84.9 Å². The van der Waals surface area contributed by atoms with Gasteiger partial charge in [-0.3, -0.25) is 19.2 Å². The van der Waals surface area contributed by atoms with Gasteiger partial charge in [-0.25, -0.2) is 4.79 Å². The summed E-state index contributed by atoms with van der Waals surface area (Å²) in [5.41, 5.74) is 9.40. The molecule has 4 aromatic rings. The van der Waals surface area contributed by atoms with Gasteiger partial charge in [0, 0.05) is 59.9 Å². The molecule has 4 atom stereocenters. The summed E-state index contributed by atoms with van der Waals surface area (Å²) in [6.45, 7) is 1.64. The van der Waals surface area contributed by atoms with E-state index in [-0.39, 0.29) is 60.6 Å². The van der Waals surface area contributed by atoms with E-state index >= 15 is 0 Å². The molecular weight excluding hydrogens is 698 g/mol. The van der Waals surface area contributed by atoms with Crippen LogP contribution in [-0.4, -0.2) is 71.2 Å². The van der Waals surface area contributed by atoms with Gasteiger partial charge in [0.15, 0.2) is 11.6 Å². The molecule has 53 heavy (non-hydrogen) atoms. The molecule has 0 spiro atoms. The van der Waals surface area contributed by atoms with Crippen LogP contribution in [-0.2, 0) is 30.3 Å². The fourth-order valence-corrected chi connectivity index (χ4v) is 6.77. The second-order valence-electron chi connectivity index (χ2n) is 13.3. The molecule has 5 N–H and O–H groups in total. The number of nitrogens with two attached hydrogens (primary N) is 1. The zero-order valence-corrected chi connectivity index (χ0v) is 30.4. The molecule has 0 saturated heterocycles. The van der Waals surface area contributed by atoms with Crippen LogP contribution in [0.1, 0.15) is 53.7 Å². The standard InChI is InChI=1S/C41H42ClN3O8/c1-23-18-37(49)38(28-11-15-35(47)32(21-28)31-19-24(4-14-34(31)46)20-33(41(52)53-3)44-39(23)50)45(2)40(51)29(16-17-43)22-36(48)27-7-5-25(6-8-27)26-9-12-30(42)13-10-26/h4-15,19,21,23,29,33,38,46-47H,16-18,20,22,43H2,1-3H3,(H,44,50)/t23-,29-,33+,38+/m1/s1. The molecule has 0 saturated carbocycles. The molecule has 1 heterocycles. The zero-order valence-electron chi connectivity index (χ0n) is 29.7. The van der Waals surface area contributed by atoms with Crippen molar-refractivity contribution in [1.82, 2.24) is 10.2 Å². The highest BCUT2D eigenvalue weighted by molar-refractivity contribution is 6.30. The lowest BCUT2D eigenvalue weighted by Crippen LogP contribution is -2.46. The molecule has 0 radical (unpaired) electrons. The van der Waals surface area contributed by atoms with Gasteiger partial charge in [-0.15, -0.1) is 0 Å². The quantitative estimate of drug-likeness (QED) is 0.125. The van der Waals surface area contributed by atoms with Crippen molar-refractivity contribution in [2.45, 2.75) is 44.7 Å². The van der Waals surface area contributed by atoms with Crippen molar-refractivity contribution >= 4 is 41.0 Å². The van der Waals surface area contributed by atoms with E-state index in [0.29, 0.717) is 21.7 Å². The maximum atomic E-state index is 14.3. The van der Waals surface area contributed by atoms with E-state index in [0.717, 1.165) is 11.1 Å². The lowest BCUT2D eigenvalue weighted by atomic mass is 9.88.